The van der Waals surface area contributed by atoms with Gasteiger partial charge in [-0.3, -0.25) is 9.59 Å². The second-order valence-electron chi connectivity index (χ2n) is 6.98. The predicted molar refractivity (Wildman–Crippen MR) is 112 cm³/mol. The number of rotatable bonds is 6. The highest BCUT2D eigenvalue weighted by Gasteiger charge is 2.15. The number of furan rings is 1. The smallest absolute Gasteiger partial charge is 0.253 e. The Morgan fingerprint density at radius 2 is 1.75 bits per heavy atom. The van der Waals surface area contributed by atoms with Gasteiger partial charge < -0.3 is 14.6 Å². The molecule has 0 saturated heterocycles. The molecule has 5 nitrogen and oxygen atoms in total. The summed E-state index contributed by atoms with van der Waals surface area (Å²) in [4.78, 5) is 26.8. The summed E-state index contributed by atoms with van der Waals surface area (Å²) >= 11 is 0. The first kappa shape index (κ1) is 19.7. The number of aryl methyl sites for hydroxylation is 2. The number of hydrogen-bond donors (Lipinski definition) is 1. The summed E-state index contributed by atoms with van der Waals surface area (Å²) in [5, 5.41) is 3.85. The van der Waals surface area contributed by atoms with E-state index in [1.807, 2.05) is 33.8 Å². The van der Waals surface area contributed by atoms with Gasteiger partial charge in [-0.15, -0.1) is 0 Å². The molecule has 0 saturated carbocycles. The minimum Gasteiger partial charge on any atom is -0.464 e. The highest BCUT2D eigenvalue weighted by Crippen LogP contribution is 2.25. The van der Waals surface area contributed by atoms with E-state index in [9.17, 15) is 9.59 Å². The number of benzene rings is 2. The maximum absolute atomic E-state index is 12.6. The van der Waals surface area contributed by atoms with Crippen molar-refractivity contribution in [3.05, 3.63) is 64.9 Å². The van der Waals surface area contributed by atoms with Crippen molar-refractivity contribution in [3.63, 3.8) is 0 Å². The molecule has 146 valence electrons. The zero-order valence-electron chi connectivity index (χ0n) is 16.8. The van der Waals surface area contributed by atoms with Gasteiger partial charge in [-0.2, -0.15) is 0 Å². The van der Waals surface area contributed by atoms with E-state index in [2.05, 4.69) is 11.4 Å². The third-order valence-corrected chi connectivity index (χ3v) is 5.06. The summed E-state index contributed by atoms with van der Waals surface area (Å²) in [7, 11) is 0. The first-order valence-corrected chi connectivity index (χ1v) is 9.59. The van der Waals surface area contributed by atoms with Crippen molar-refractivity contribution in [1.82, 2.24) is 4.90 Å². The van der Waals surface area contributed by atoms with Crippen LogP contribution in [0.4, 0.5) is 5.69 Å². The lowest BCUT2D eigenvalue weighted by Gasteiger charge is -2.19. The second kappa shape index (κ2) is 8.30. The van der Waals surface area contributed by atoms with Gasteiger partial charge in [0.15, 0.2) is 0 Å². The molecule has 0 aliphatic rings. The van der Waals surface area contributed by atoms with E-state index >= 15 is 0 Å². The zero-order valence-corrected chi connectivity index (χ0v) is 16.8. The fourth-order valence-corrected chi connectivity index (χ4v) is 3.27. The van der Waals surface area contributed by atoms with Crippen LogP contribution in [0.5, 0.6) is 0 Å². The van der Waals surface area contributed by atoms with Gasteiger partial charge in [0, 0.05) is 35.3 Å². The topological polar surface area (TPSA) is 62.6 Å². The normalized spacial score (nSPS) is 10.9. The minimum atomic E-state index is -0.145. The number of nitrogens with zero attached hydrogens (tertiary/aromatic N) is 1. The van der Waals surface area contributed by atoms with Gasteiger partial charge in [-0.05, 0) is 69.2 Å². The molecule has 1 heterocycles. The van der Waals surface area contributed by atoms with E-state index in [1.165, 1.54) is 0 Å². The zero-order chi connectivity index (χ0) is 20.3. The Labute approximate surface area is 165 Å². The summed E-state index contributed by atoms with van der Waals surface area (Å²) in [5.74, 6) is -0.180. The van der Waals surface area contributed by atoms with Crippen molar-refractivity contribution in [1.29, 1.82) is 0 Å². The molecule has 1 N–H and O–H groups in total. The fourth-order valence-electron chi connectivity index (χ4n) is 3.27. The summed E-state index contributed by atoms with van der Waals surface area (Å²) in [6, 6.07) is 11.1. The number of amides is 2. The van der Waals surface area contributed by atoms with Crippen LogP contribution < -0.4 is 5.32 Å². The molecular weight excluding hydrogens is 352 g/mol. The van der Waals surface area contributed by atoms with Gasteiger partial charge in [0.25, 0.3) is 5.91 Å². The Kier molecular flexibility index (Phi) is 5.83. The summed E-state index contributed by atoms with van der Waals surface area (Å²) in [6.07, 6.45) is 1.85. The lowest BCUT2D eigenvalue weighted by Crippen LogP contribution is -2.30. The van der Waals surface area contributed by atoms with Crippen LogP contribution in [0.25, 0.3) is 11.0 Å². The minimum absolute atomic E-state index is 0.0345. The van der Waals surface area contributed by atoms with Crippen molar-refractivity contribution in [3.8, 4) is 0 Å². The lowest BCUT2D eigenvalue weighted by molar-refractivity contribution is -0.115. The van der Waals surface area contributed by atoms with E-state index in [-0.39, 0.29) is 18.2 Å². The standard InChI is InChI=1S/C23H26N2O3/c1-5-25(6-2)23(27)17-8-7-9-19(12-17)24-22(26)13-18-14-28-21-11-16(4)15(3)10-20(18)21/h7-12,14H,5-6,13H2,1-4H3,(H,24,26). The monoisotopic (exact) mass is 378 g/mol. The van der Waals surface area contributed by atoms with E-state index < -0.39 is 0 Å². The first-order valence-electron chi connectivity index (χ1n) is 9.59. The Hall–Kier alpha value is -3.08. The van der Waals surface area contributed by atoms with Gasteiger partial charge in [0.1, 0.15) is 5.58 Å². The predicted octanol–water partition coefficient (Wildman–Crippen LogP) is 4.71. The Morgan fingerprint density at radius 3 is 2.46 bits per heavy atom. The number of nitrogens with one attached hydrogen (secondary N) is 1. The molecule has 0 spiro atoms. The van der Waals surface area contributed by atoms with Crippen LogP contribution >= 0.6 is 0 Å². The van der Waals surface area contributed by atoms with Gasteiger partial charge in [-0.1, -0.05) is 6.07 Å². The highest BCUT2D eigenvalue weighted by molar-refractivity contribution is 5.98. The molecule has 1 aromatic heterocycles. The van der Waals surface area contributed by atoms with E-state index in [1.54, 1.807) is 35.4 Å². The molecule has 0 fully saturated rings. The SMILES string of the molecule is CCN(CC)C(=O)c1cccc(NC(=O)Cc2coc3cc(C)c(C)cc23)c1. The largest absolute Gasteiger partial charge is 0.464 e. The summed E-state index contributed by atoms with van der Waals surface area (Å²) in [5.41, 5.74) is 5.15. The number of carbonyl (C=O) groups excluding carboxylic acids is 2. The molecular formula is C23H26N2O3. The Balaban J connectivity index is 1.74. The molecule has 2 amide bonds. The van der Waals surface area contributed by atoms with Crippen LogP contribution in [-0.4, -0.2) is 29.8 Å². The molecule has 5 heteroatoms. The van der Waals surface area contributed by atoms with Crippen LogP contribution in [-0.2, 0) is 11.2 Å². The third kappa shape index (κ3) is 4.09. The summed E-state index contributed by atoms with van der Waals surface area (Å²) < 4.78 is 5.61. The maximum Gasteiger partial charge on any atom is 0.253 e. The van der Waals surface area contributed by atoms with Gasteiger partial charge in [-0.25, -0.2) is 0 Å². The fraction of sp³-hybridized carbons (Fsp3) is 0.304. The molecule has 3 rings (SSSR count). The van der Waals surface area contributed by atoms with Crippen LogP contribution in [0.1, 0.15) is 40.9 Å². The number of fused-ring (bicyclic) bond motifs is 1. The summed E-state index contributed by atoms with van der Waals surface area (Å²) in [6.45, 7) is 9.29. The number of hydrogen-bond acceptors (Lipinski definition) is 3. The second-order valence-corrected chi connectivity index (χ2v) is 6.98. The lowest BCUT2D eigenvalue weighted by atomic mass is 10.0. The highest BCUT2D eigenvalue weighted by atomic mass is 16.3. The van der Waals surface area contributed by atoms with Crippen LogP contribution in [0.15, 0.2) is 47.1 Å². The van der Waals surface area contributed by atoms with Crippen LogP contribution in [0.3, 0.4) is 0 Å². The molecule has 0 aliphatic carbocycles. The first-order chi connectivity index (χ1) is 13.4. The van der Waals surface area contributed by atoms with Crippen molar-refractivity contribution in [2.45, 2.75) is 34.1 Å². The molecule has 2 aromatic carbocycles. The third-order valence-electron chi connectivity index (χ3n) is 5.06. The van der Waals surface area contributed by atoms with E-state index in [0.717, 1.165) is 27.7 Å². The molecule has 0 radical (unpaired) electrons. The molecule has 0 unspecified atom stereocenters. The molecule has 0 atom stereocenters. The van der Waals surface area contributed by atoms with Crippen molar-refractivity contribution >= 4 is 28.5 Å². The number of carbonyl (C=O) groups is 2. The average Bonchev–Trinajstić information content (AvgIpc) is 3.04. The van der Waals surface area contributed by atoms with Crippen LogP contribution in [0, 0.1) is 13.8 Å². The quantitative estimate of drug-likeness (QED) is 0.675. The van der Waals surface area contributed by atoms with Crippen molar-refractivity contribution in [2.75, 3.05) is 18.4 Å². The van der Waals surface area contributed by atoms with E-state index in [4.69, 9.17) is 4.42 Å². The maximum atomic E-state index is 12.6. The molecule has 28 heavy (non-hydrogen) atoms. The van der Waals surface area contributed by atoms with Gasteiger partial charge in [0.05, 0.1) is 12.7 Å². The van der Waals surface area contributed by atoms with Crippen molar-refractivity contribution in [2.24, 2.45) is 0 Å². The van der Waals surface area contributed by atoms with Gasteiger partial charge in [0.2, 0.25) is 5.91 Å². The Bertz CT molecular complexity index is 1020. The molecule has 3 aromatic rings. The molecule has 0 aliphatic heterocycles. The average molecular weight is 378 g/mol. The number of anilines is 1. The molecule has 0 bridgehead atoms. The Morgan fingerprint density at radius 1 is 1.04 bits per heavy atom. The van der Waals surface area contributed by atoms with Gasteiger partial charge >= 0.3 is 0 Å². The van der Waals surface area contributed by atoms with Crippen molar-refractivity contribution < 1.29 is 14.0 Å². The van der Waals surface area contributed by atoms with Crippen LogP contribution in [0.2, 0.25) is 0 Å². The van der Waals surface area contributed by atoms with E-state index in [0.29, 0.717) is 24.3 Å².